The van der Waals surface area contributed by atoms with Crippen LogP contribution in [0, 0.1) is 35.0 Å². The molecule has 0 saturated carbocycles. The second kappa shape index (κ2) is 9.61. The van der Waals surface area contributed by atoms with E-state index in [1.165, 1.54) is 25.7 Å². The molecule has 0 fully saturated rings. The molecule has 0 spiro atoms. The zero-order valence-electron chi connectivity index (χ0n) is 16.6. The summed E-state index contributed by atoms with van der Waals surface area (Å²) in [5.41, 5.74) is 0.856. The monoisotopic (exact) mass is 307 g/mol. The molecule has 1 heteroatoms. The lowest BCUT2D eigenvalue weighted by Gasteiger charge is -2.28. The van der Waals surface area contributed by atoms with Crippen molar-refractivity contribution in [3.63, 3.8) is 0 Å². The first-order chi connectivity index (χ1) is 9.93. The maximum Gasteiger partial charge on any atom is 0.0598 e. The van der Waals surface area contributed by atoms with Crippen molar-refractivity contribution in [1.82, 2.24) is 4.90 Å². The highest BCUT2D eigenvalue weighted by Crippen LogP contribution is 2.27. The van der Waals surface area contributed by atoms with Crippen LogP contribution in [0.3, 0.4) is 0 Å². The second-order valence-corrected chi connectivity index (χ2v) is 9.80. The minimum Gasteiger partial charge on any atom is -0.292 e. The Hall–Kier alpha value is -0.480. The van der Waals surface area contributed by atoms with E-state index in [4.69, 9.17) is 6.42 Å². The van der Waals surface area contributed by atoms with Gasteiger partial charge in [-0.25, -0.2) is 0 Å². The van der Waals surface area contributed by atoms with Crippen molar-refractivity contribution in [2.45, 2.75) is 81.1 Å². The molecule has 0 aromatic carbocycles. The first-order valence-electron chi connectivity index (χ1n) is 9.09. The fourth-order valence-corrected chi connectivity index (χ4v) is 3.50. The van der Waals surface area contributed by atoms with Crippen LogP contribution in [-0.2, 0) is 0 Å². The molecule has 0 radical (unpaired) electrons. The lowest BCUT2D eigenvalue weighted by atomic mass is 9.84. The summed E-state index contributed by atoms with van der Waals surface area (Å²) in [6, 6.07) is 0. The van der Waals surface area contributed by atoms with Gasteiger partial charge in [-0.2, -0.15) is 0 Å². The molecule has 0 aliphatic heterocycles. The molecule has 22 heavy (non-hydrogen) atoms. The molecule has 0 aliphatic carbocycles. The van der Waals surface area contributed by atoms with Gasteiger partial charge in [0.1, 0.15) is 0 Å². The van der Waals surface area contributed by atoms with E-state index < -0.39 is 0 Å². The molecule has 0 aliphatic rings. The van der Waals surface area contributed by atoms with Gasteiger partial charge < -0.3 is 0 Å². The normalized spacial score (nSPS) is 15.6. The lowest BCUT2D eigenvalue weighted by molar-refractivity contribution is 0.221. The van der Waals surface area contributed by atoms with Gasteiger partial charge in [0.25, 0.3) is 0 Å². The molecule has 0 bridgehead atoms. The Morgan fingerprint density at radius 2 is 1.18 bits per heavy atom. The van der Waals surface area contributed by atoms with Gasteiger partial charge in [-0.05, 0) is 61.4 Å². The van der Waals surface area contributed by atoms with E-state index in [1.54, 1.807) is 0 Å². The maximum absolute atomic E-state index is 5.55. The summed E-state index contributed by atoms with van der Waals surface area (Å²) in [7, 11) is 0. The van der Waals surface area contributed by atoms with Gasteiger partial charge >= 0.3 is 0 Å². The van der Waals surface area contributed by atoms with Crippen molar-refractivity contribution in [3.05, 3.63) is 0 Å². The summed E-state index contributed by atoms with van der Waals surface area (Å²) in [5.74, 6) is 4.38. The van der Waals surface area contributed by atoms with E-state index in [-0.39, 0.29) is 0 Å². The Kier molecular flexibility index (Phi) is 9.40. The van der Waals surface area contributed by atoms with Gasteiger partial charge in [0.15, 0.2) is 0 Å². The summed E-state index contributed by atoms with van der Waals surface area (Å²) < 4.78 is 0. The predicted octanol–water partition coefficient (Wildman–Crippen LogP) is 5.85. The molecule has 130 valence electrons. The summed E-state index contributed by atoms with van der Waals surface area (Å²) >= 11 is 0. The van der Waals surface area contributed by atoms with Crippen LogP contribution in [-0.4, -0.2) is 24.5 Å². The van der Waals surface area contributed by atoms with Crippen LogP contribution < -0.4 is 0 Å². The quantitative estimate of drug-likeness (QED) is 0.483. The van der Waals surface area contributed by atoms with Gasteiger partial charge in [0.05, 0.1) is 6.54 Å². The molecule has 2 atom stereocenters. The summed E-state index contributed by atoms with van der Waals surface area (Å²) in [4.78, 5) is 2.47. The second-order valence-electron chi connectivity index (χ2n) is 9.80. The Morgan fingerprint density at radius 3 is 1.45 bits per heavy atom. The molecular weight excluding hydrogens is 266 g/mol. The van der Waals surface area contributed by atoms with Gasteiger partial charge in [0, 0.05) is 0 Å². The molecule has 1 nitrogen and oxygen atoms in total. The molecule has 0 aromatic rings. The molecule has 0 rings (SSSR count). The standard InChI is InChI=1S/C21H41N/c1-10-13-22(14-11-18(2)16-20(4,5)6)15-12-19(3)17-21(7,8)9/h1,18-19H,11-17H2,2-9H3/t18-,19-/m0/s1. The van der Waals surface area contributed by atoms with Gasteiger partial charge in [-0.1, -0.05) is 61.3 Å². The van der Waals surface area contributed by atoms with Crippen molar-refractivity contribution in [3.8, 4) is 12.3 Å². The molecule has 0 heterocycles. The van der Waals surface area contributed by atoms with Crippen LogP contribution >= 0.6 is 0 Å². The molecule has 0 unspecified atom stereocenters. The zero-order chi connectivity index (χ0) is 17.4. The molecule has 0 aromatic heterocycles. The number of hydrogen-bond donors (Lipinski definition) is 0. The first kappa shape index (κ1) is 21.5. The summed E-state index contributed by atoms with van der Waals surface area (Å²) in [6.07, 6.45) is 10.6. The van der Waals surface area contributed by atoms with E-state index in [9.17, 15) is 0 Å². The summed E-state index contributed by atoms with van der Waals surface area (Å²) in [6.45, 7) is 21.8. The number of nitrogens with zero attached hydrogens (tertiary/aromatic N) is 1. The van der Waals surface area contributed by atoms with Crippen molar-refractivity contribution in [1.29, 1.82) is 0 Å². The Bertz CT molecular complexity index is 297. The van der Waals surface area contributed by atoms with E-state index >= 15 is 0 Å². The molecule has 0 N–H and O–H groups in total. The molecular formula is C21H41N. The number of terminal acetylenes is 1. The maximum atomic E-state index is 5.55. The highest BCUT2D eigenvalue weighted by molar-refractivity contribution is 4.88. The van der Waals surface area contributed by atoms with Crippen molar-refractivity contribution < 1.29 is 0 Å². The van der Waals surface area contributed by atoms with E-state index in [0.717, 1.165) is 31.5 Å². The number of hydrogen-bond acceptors (Lipinski definition) is 1. The molecule has 0 saturated heterocycles. The van der Waals surface area contributed by atoms with E-state index in [2.05, 4.69) is 66.2 Å². The zero-order valence-corrected chi connectivity index (χ0v) is 16.6. The van der Waals surface area contributed by atoms with Gasteiger partial charge in [-0.3, -0.25) is 4.90 Å². The minimum absolute atomic E-state index is 0.428. The van der Waals surface area contributed by atoms with Crippen molar-refractivity contribution in [2.24, 2.45) is 22.7 Å². The van der Waals surface area contributed by atoms with E-state index in [0.29, 0.717) is 10.8 Å². The molecule has 0 amide bonds. The van der Waals surface area contributed by atoms with Gasteiger partial charge in [0.2, 0.25) is 0 Å². The Labute approximate surface area is 141 Å². The first-order valence-corrected chi connectivity index (χ1v) is 9.09. The third-order valence-corrected chi connectivity index (χ3v) is 4.11. The number of rotatable bonds is 9. The predicted molar refractivity (Wildman–Crippen MR) is 101 cm³/mol. The smallest absolute Gasteiger partial charge is 0.0598 e. The van der Waals surface area contributed by atoms with Crippen LogP contribution in [0.1, 0.15) is 81.1 Å². The third-order valence-electron chi connectivity index (χ3n) is 4.11. The van der Waals surface area contributed by atoms with Crippen LogP contribution in [0.5, 0.6) is 0 Å². The topological polar surface area (TPSA) is 3.24 Å². The van der Waals surface area contributed by atoms with Crippen molar-refractivity contribution >= 4 is 0 Å². The highest BCUT2D eigenvalue weighted by atomic mass is 15.1. The Morgan fingerprint density at radius 1 is 0.818 bits per heavy atom. The van der Waals surface area contributed by atoms with Crippen molar-refractivity contribution in [2.75, 3.05) is 19.6 Å². The average molecular weight is 308 g/mol. The fourth-order valence-electron chi connectivity index (χ4n) is 3.50. The average Bonchev–Trinajstić information content (AvgIpc) is 2.28. The van der Waals surface area contributed by atoms with Crippen LogP contribution in [0.2, 0.25) is 0 Å². The van der Waals surface area contributed by atoms with Crippen LogP contribution in [0.4, 0.5) is 0 Å². The highest BCUT2D eigenvalue weighted by Gasteiger charge is 2.18. The van der Waals surface area contributed by atoms with E-state index in [1.807, 2.05) is 0 Å². The Balaban J connectivity index is 4.19. The van der Waals surface area contributed by atoms with Crippen LogP contribution in [0.25, 0.3) is 0 Å². The third kappa shape index (κ3) is 13.2. The minimum atomic E-state index is 0.428. The summed E-state index contributed by atoms with van der Waals surface area (Å²) in [5, 5.41) is 0. The van der Waals surface area contributed by atoms with Gasteiger partial charge in [-0.15, -0.1) is 6.42 Å². The van der Waals surface area contributed by atoms with Crippen LogP contribution in [0.15, 0.2) is 0 Å². The fraction of sp³-hybridized carbons (Fsp3) is 0.905. The largest absolute Gasteiger partial charge is 0.292 e. The SMILES string of the molecule is C#CCN(CC[C@H](C)CC(C)(C)C)CC[C@H](C)CC(C)(C)C. The lowest BCUT2D eigenvalue weighted by Crippen LogP contribution is -2.29.